The van der Waals surface area contributed by atoms with Crippen molar-refractivity contribution in [2.45, 2.75) is 51.5 Å². The molecule has 0 amide bonds. The van der Waals surface area contributed by atoms with Crippen molar-refractivity contribution < 1.29 is 18.2 Å². The Morgan fingerprint density at radius 3 is 2.34 bits per heavy atom. The van der Waals surface area contributed by atoms with Crippen molar-refractivity contribution in [2.24, 2.45) is 4.99 Å². The minimum Gasteiger partial charge on any atom is -0.372 e. The van der Waals surface area contributed by atoms with Crippen molar-refractivity contribution in [1.82, 2.24) is 4.90 Å². The topological polar surface area (TPSA) is 86.4 Å². The summed E-state index contributed by atoms with van der Waals surface area (Å²) in [5.74, 6) is 1.04. The first-order chi connectivity index (χ1) is 17.1. The van der Waals surface area contributed by atoms with E-state index >= 15 is 0 Å². The van der Waals surface area contributed by atoms with Gasteiger partial charge in [0, 0.05) is 55.5 Å². The van der Waals surface area contributed by atoms with Gasteiger partial charge in [0.15, 0.2) is 0 Å². The predicted octanol–water partition coefficient (Wildman–Crippen LogP) is 5.42. The maximum atomic E-state index is 10.9. The van der Waals surface area contributed by atoms with Gasteiger partial charge in [-0.3, -0.25) is 20.0 Å². The summed E-state index contributed by atoms with van der Waals surface area (Å²) in [7, 11) is -2.59. The number of nitrogens with zero attached hydrogens (tertiary/aromatic N) is 3. The Hall–Kier alpha value is -1.56. The third-order valence-corrected chi connectivity index (χ3v) is 10.1. The molecule has 0 spiro atoms. The average molecular weight is 522 g/mol. The molecule has 194 valence electrons. The fourth-order valence-electron chi connectivity index (χ4n) is 4.08. The van der Waals surface area contributed by atoms with Crippen LogP contribution in [0.2, 0.25) is 6.04 Å². The third kappa shape index (κ3) is 10.1. The molecule has 0 N–H and O–H groups in total. The summed E-state index contributed by atoms with van der Waals surface area (Å²) in [6.07, 6.45) is 11.1. The molecule has 0 saturated carbocycles. The van der Waals surface area contributed by atoms with Crippen LogP contribution >= 0.6 is 11.8 Å². The van der Waals surface area contributed by atoms with E-state index in [1.54, 1.807) is 36.0 Å². The molecule has 3 aliphatic rings. The molecule has 1 aromatic carbocycles. The summed E-state index contributed by atoms with van der Waals surface area (Å²) in [6.45, 7) is 7.78. The SMILES string of the molecule is CCCCCCCSC(C=NCCC[Si]12OCCN(CCO1)CCO2)=Cc1ccc([N+](=O)[O-])cc1. The van der Waals surface area contributed by atoms with Crippen LogP contribution in [0.25, 0.3) is 6.08 Å². The van der Waals surface area contributed by atoms with Gasteiger partial charge in [-0.2, -0.15) is 0 Å². The first-order valence-corrected chi connectivity index (χ1v) is 15.7. The van der Waals surface area contributed by atoms with Crippen LogP contribution in [0.3, 0.4) is 0 Å². The summed E-state index contributed by atoms with van der Waals surface area (Å²) >= 11 is 1.80. The number of thioether (sulfide) groups is 1. The number of nitro benzene ring substituents is 1. The summed E-state index contributed by atoms with van der Waals surface area (Å²) in [5, 5.41) is 10.9. The van der Waals surface area contributed by atoms with Crippen molar-refractivity contribution in [2.75, 3.05) is 51.8 Å². The lowest BCUT2D eigenvalue weighted by Gasteiger charge is -2.38. The monoisotopic (exact) mass is 521 g/mol. The second kappa shape index (κ2) is 15.5. The van der Waals surface area contributed by atoms with Gasteiger partial charge in [-0.15, -0.1) is 11.8 Å². The quantitative estimate of drug-likeness (QED) is 0.106. The molecule has 0 unspecified atom stereocenters. The van der Waals surface area contributed by atoms with Crippen LogP contribution in [0.5, 0.6) is 0 Å². The van der Waals surface area contributed by atoms with Gasteiger partial charge in [0.2, 0.25) is 0 Å². The summed E-state index contributed by atoms with van der Waals surface area (Å²) in [5.41, 5.74) is 1.04. The second-order valence-electron chi connectivity index (χ2n) is 8.87. The van der Waals surface area contributed by atoms with Crippen molar-refractivity contribution in [3.63, 3.8) is 0 Å². The Balaban J connectivity index is 1.53. The van der Waals surface area contributed by atoms with Gasteiger partial charge in [0.1, 0.15) is 0 Å². The molecule has 0 atom stereocenters. The molecule has 3 saturated heterocycles. The highest BCUT2D eigenvalue weighted by Crippen LogP contribution is 2.23. The Morgan fingerprint density at radius 2 is 1.71 bits per heavy atom. The van der Waals surface area contributed by atoms with Gasteiger partial charge in [-0.1, -0.05) is 32.6 Å². The van der Waals surface area contributed by atoms with E-state index in [0.29, 0.717) is 26.4 Å². The second-order valence-corrected chi connectivity index (χ2v) is 12.8. The van der Waals surface area contributed by atoms with Crippen LogP contribution in [-0.2, 0) is 13.3 Å². The van der Waals surface area contributed by atoms with Gasteiger partial charge in [-0.25, -0.2) is 0 Å². The molecule has 35 heavy (non-hydrogen) atoms. The highest BCUT2D eigenvalue weighted by Gasteiger charge is 2.43. The molecule has 0 radical (unpaired) electrons. The molecule has 1 aromatic rings. The smallest absolute Gasteiger partial charge is 0.372 e. The summed E-state index contributed by atoms with van der Waals surface area (Å²) in [4.78, 5) is 18.7. The molecule has 3 fully saturated rings. The maximum absolute atomic E-state index is 10.9. The Labute approximate surface area is 214 Å². The molecule has 0 aromatic heterocycles. The van der Waals surface area contributed by atoms with E-state index in [2.05, 4.69) is 17.9 Å². The van der Waals surface area contributed by atoms with E-state index in [0.717, 1.165) is 48.3 Å². The number of fused-ring (bicyclic) bond motifs is 6. The van der Waals surface area contributed by atoms with Crippen LogP contribution in [0.1, 0.15) is 51.0 Å². The largest absolute Gasteiger partial charge is 0.501 e. The number of hydrogen-bond acceptors (Lipinski definition) is 8. The minimum atomic E-state index is -2.59. The Morgan fingerprint density at radius 1 is 1.06 bits per heavy atom. The molecule has 3 heterocycles. The number of benzene rings is 1. The zero-order chi connectivity index (χ0) is 24.8. The van der Waals surface area contributed by atoms with Gasteiger partial charge in [0.25, 0.3) is 5.69 Å². The molecule has 3 aliphatic heterocycles. The zero-order valence-corrected chi connectivity index (χ0v) is 22.7. The summed E-state index contributed by atoms with van der Waals surface area (Å²) < 4.78 is 18.3. The first-order valence-electron chi connectivity index (χ1n) is 12.8. The van der Waals surface area contributed by atoms with Gasteiger partial charge in [0.05, 0.1) is 24.7 Å². The average Bonchev–Trinajstić information content (AvgIpc) is 2.81. The van der Waals surface area contributed by atoms with Crippen LogP contribution < -0.4 is 0 Å². The van der Waals surface area contributed by atoms with E-state index in [4.69, 9.17) is 18.3 Å². The van der Waals surface area contributed by atoms with E-state index in [1.165, 1.54) is 32.1 Å². The molecule has 2 bridgehead atoms. The fourth-order valence-corrected chi connectivity index (χ4v) is 7.51. The Bertz CT molecular complexity index is 810. The summed E-state index contributed by atoms with van der Waals surface area (Å²) in [6, 6.07) is 7.45. The highest BCUT2D eigenvalue weighted by molar-refractivity contribution is 8.04. The van der Waals surface area contributed by atoms with E-state index < -0.39 is 8.80 Å². The normalized spacial score (nSPS) is 23.2. The predicted molar refractivity (Wildman–Crippen MR) is 145 cm³/mol. The van der Waals surface area contributed by atoms with Gasteiger partial charge in [-0.05, 0) is 42.4 Å². The first kappa shape index (κ1) is 28.0. The number of hydrogen-bond donors (Lipinski definition) is 0. The molecular weight excluding hydrogens is 482 g/mol. The van der Waals surface area contributed by atoms with E-state index in [-0.39, 0.29) is 10.6 Å². The number of rotatable bonds is 14. The van der Waals surface area contributed by atoms with E-state index in [1.807, 2.05) is 6.21 Å². The molecule has 4 rings (SSSR count). The fraction of sp³-hybridized carbons (Fsp3) is 0.640. The van der Waals surface area contributed by atoms with Crippen molar-refractivity contribution >= 4 is 38.5 Å². The standard InChI is InChI=1S/C25H39N3O5SSi/c1-2-3-4-5-6-19-34-25(21-23-8-10-24(11-9-23)28(29)30)22-26-12-7-20-35-31-16-13-27(14-17-32-35)15-18-33-35/h8-11,21-22H,2-7,12-20H2,1H3. The maximum Gasteiger partial charge on any atom is 0.501 e. The van der Waals surface area contributed by atoms with Crippen molar-refractivity contribution in [3.05, 3.63) is 44.8 Å². The van der Waals surface area contributed by atoms with Crippen LogP contribution in [-0.4, -0.2) is 76.6 Å². The number of nitro groups is 1. The number of allylic oxidation sites excluding steroid dienone is 1. The minimum absolute atomic E-state index is 0.104. The molecule has 10 heteroatoms. The molecule has 8 nitrogen and oxygen atoms in total. The number of non-ortho nitro benzene ring substituents is 1. The van der Waals surface area contributed by atoms with Gasteiger partial charge >= 0.3 is 8.80 Å². The number of aliphatic imine (C=N–C) groups is 1. The number of unbranched alkanes of at least 4 members (excludes halogenated alkanes) is 4. The van der Waals surface area contributed by atoms with Crippen LogP contribution in [0, 0.1) is 10.1 Å². The third-order valence-electron chi connectivity index (χ3n) is 6.11. The van der Waals surface area contributed by atoms with Crippen LogP contribution in [0.4, 0.5) is 5.69 Å². The van der Waals surface area contributed by atoms with Crippen molar-refractivity contribution in [3.8, 4) is 0 Å². The highest BCUT2D eigenvalue weighted by atomic mass is 32.2. The van der Waals surface area contributed by atoms with Gasteiger partial charge < -0.3 is 13.3 Å². The lowest BCUT2D eigenvalue weighted by Crippen LogP contribution is -2.55. The zero-order valence-electron chi connectivity index (χ0n) is 20.9. The lowest BCUT2D eigenvalue weighted by molar-refractivity contribution is -0.384. The molecular formula is C25H39N3O5SSi. The molecule has 0 aliphatic carbocycles. The Kier molecular flexibility index (Phi) is 12.4. The lowest BCUT2D eigenvalue weighted by atomic mass is 10.2. The van der Waals surface area contributed by atoms with E-state index in [9.17, 15) is 10.1 Å². The van der Waals surface area contributed by atoms with Crippen LogP contribution in [0.15, 0.2) is 34.2 Å². The van der Waals surface area contributed by atoms with Crippen molar-refractivity contribution in [1.29, 1.82) is 0 Å².